The van der Waals surface area contributed by atoms with Gasteiger partial charge in [0.15, 0.2) is 0 Å². The Morgan fingerprint density at radius 2 is 1.93 bits per heavy atom. The topological polar surface area (TPSA) is 52.3 Å². The number of halogens is 4. The molecule has 15 heavy (non-hydrogen) atoms. The van der Waals surface area contributed by atoms with E-state index in [9.17, 15) is 22.4 Å². The standard InChI is InChI=1S/C8H5F4NO2/c9-6-2-1-4(15-7(13)14)3-5(6)8(10,11)12/h1-3H,(H2,13,14). The molecule has 0 fully saturated rings. The fraction of sp³-hybridized carbons (Fsp3) is 0.125. The van der Waals surface area contributed by atoms with Crippen LogP contribution in [0.4, 0.5) is 22.4 Å². The molecule has 1 aromatic rings. The molecule has 0 atom stereocenters. The van der Waals surface area contributed by atoms with Crippen molar-refractivity contribution in [2.75, 3.05) is 0 Å². The smallest absolute Gasteiger partial charge is 0.410 e. The summed E-state index contributed by atoms with van der Waals surface area (Å²) in [5.74, 6) is -1.91. The van der Waals surface area contributed by atoms with Gasteiger partial charge in [-0.2, -0.15) is 13.2 Å². The molecular weight excluding hydrogens is 218 g/mol. The molecule has 0 unspecified atom stereocenters. The second-order valence-corrected chi connectivity index (χ2v) is 2.56. The predicted molar refractivity (Wildman–Crippen MR) is 41.6 cm³/mol. The number of rotatable bonds is 1. The molecule has 0 radical (unpaired) electrons. The average molecular weight is 223 g/mol. The minimum absolute atomic E-state index is 0.361. The van der Waals surface area contributed by atoms with Gasteiger partial charge in [0.1, 0.15) is 11.6 Å². The number of benzene rings is 1. The lowest BCUT2D eigenvalue weighted by molar-refractivity contribution is -0.140. The minimum Gasteiger partial charge on any atom is -0.410 e. The van der Waals surface area contributed by atoms with Crippen LogP contribution >= 0.6 is 0 Å². The van der Waals surface area contributed by atoms with E-state index in [-0.39, 0.29) is 0 Å². The highest BCUT2D eigenvalue weighted by molar-refractivity contribution is 5.68. The fourth-order valence-electron chi connectivity index (χ4n) is 0.901. The van der Waals surface area contributed by atoms with E-state index in [1.54, 1.807) is 0 Å². The molecule has 1 amide bonds. The van der Waals surface area contributed by atoms with Crippen molar-refractivity contribution >= 4 is 6.09 Å². The van der Waals surface area contributed by atoms with Gasteiger partial charge in [0.05, 0.1) is 5.56 Å². The van der Waals surface area contributed by atoms with Gasteiger partial charge in [-0.25, -0.2) is 9.18 Å². The summed E-state index contributed by atoms with van der Waals surface area (Å²) in [5, 5.41) is 0. The monoisotopic (exact) mass is 223 g/mol. The summed E-state index contributed by atoms with van der Waals surface area (Å²) < 4.78 is 53.4. The number of carbonyl (C=O) groups is 1. The Hall–Kier alpha value is -1.79. The van der Waals surface area contributed by atoms with Crippen molar-refractivity contribution in [1.82, 2.24) is 0 Å². The lowest BCUT2D eigenvalue weighted by Gasteiger charge is -2.09. The maximum atomic E-state index is 12.7. The molecule has 2 N–H and O–H groups in total. The van der Waals surface area contributed by atoms with Gasteiger partial charge >= 0.3 is 12.3 Å². The van der Waals surface area contributed by atoms with Crippen LogP contribution in [-0.4, -0.2) is 6.09 Å². The van der Waals surface area contributed by atoms with Gasteiger partial charge in [0.2, 0.25) is 0 Å². The van der Waals surface area contributed by atoms with E-state index >= 15 is 0 Å². The third-order valence-corrected chi connectivity index (χ3v) is 1.46. The van der Waals surface area contributed by atoms with Gasteiger partial charge in [-0.15, -0.1) is 0 Å². The van der Waals surface area contributed by atoms with Crippen molar-refractivity contribution in [2.45, 2.75) is 6.18 Å². The van der Waals surface area contributed by atoms with Crippen molar-refractivity contribution in [3.63, 3.8) is 0 Å². The highest BCUT2D eigenvalue weighted by atomic mass is 19.4. The molecule has 0 aliphatic rings. The molecule has 0 aliphatic heterocycles. The molecule has 82 valence electrons. The third kappa shape index (κ3) is 2.83. The SMILES string of the molecule is NC(=O)Oc1ccc(F)c(C(F)(F)F)c1. The Morgan fingerprint density at radius 3 is 2.40 bits per heavy atom. The number of ether oxygens (including phenoxy) is 1. The van der Waals surface area contributed by atoms with Gasteiger partial charge in [0.25, 0.3) is 0 Å². The lowest BCUT2D eigenvalue weighted by atomic mass is 10.2. The average Bonchev–Trinajstić information content (AvgIpc) is 2.05. The molecule has 1 rings (SSSR count). The second kappa shape index (κ2) is 3.76. The summed E-state index contributed by atoms with van der Waals surface area (Å²) in [4.78, 5) is 10.2. The van der Waals surface area contributed by atoms with Crippen molar-refractivity contribution in [3.05, 3.63) is 29.6 Å². The molecule has 0 bridgehead atoms. The van der Waals surface area contributed by atoms with E-state index in [1.165, 1.54) is 0 Å². The number of nitrogens with two attached hydrogens (primary N) is 1. The normalized spacial score (nSPS) is 11.2. The van der Waals surface area contributed by atoms with Crippen LogP contribution in [0.3, 0.4) is 0 Å². The number of alkyl halides is 3. The Kier molecular flexibility index (Phi) is 2.83. The quantitative estimate of drug-likeness (QED) is 0.742. The maximum Gasteiger partial charge on any atom is 0.419 e. The van der Waals surface area contributed by atoms with Crippen LogP contribution in [0.5, 0.6) is 5.75 Å². The van der Waals surface area contributed by atoms with Crippen LogP contribution in [0, 0.1) is 5.82 Å². The molecule has 3 nitrogen and oxygen atoms in total. The highest BCUT2D eigenvalue weighted by Crippen LogP contribution is 2.33. The molecule has 1 aromatic carbocycles. The molecule has 0 aliphatic carbocycles. The van der Waals surface area contributed by atoms with Gasteiger partial charge in [0, 0.05) is 0 Å². The number of amides is 1. The number of primary amides is 1. The Bertz CT molecular complexity index is 389. The first-order valence-corrected chi connectivity index (χ1v) is 3.65. The van der Waals surface area contributed by atoms with Crippen LogP contribution in [0.1, 0.15) is 5.56 Å². The number of hydrogen-bond acceptors (Lipinski definition) is 2. The molecular formula is C8H5F4NO2. The van der Waals surface area contributed by atoms with Gasteiger partial charge in [-0.1, -0.05) is 0 Å². The van der Waals surface area contributed by atoms with Crippen molar-refractivity contribution in [3.8, 4) is 5.75 Å². The Morgan fingerprint density at radius 1 is 1.33 bits per heavy atom. The third-order valence-electron chi connectivity index (χ3n) is 1.46. The van der Waals surface area contributed by atoms with Gasteiger partial charge in [-0.05, 0) is 18.2 Å². The molecule has 7 heteroatoms. The first kappa shape index (κ1) is 11.3. The summed E-state index contributed by atoms with van der Waals surface area (Å²) >= 11 is 0. The van der Waals surface area contributed by atoms with E-state index in [0.717, 1.165) is 6.07 Å². The van der Waals surface area contributed by atoms with Crippen molar-refractivity contribution in [2.24, 2.45) is 5.73 Å². The van der Waals surface area contributed by atoms with Gasteiger partial charge < -0.3 is 10.5 Å². The molecule has 0 aromatic heterocycles. The van der Waals surface area contributed by atoms with Gasteiger partial charge in [-0.3, -0.25) is 0 Å². The van der Waals surface area contributed by atoms with Crippen molar-refractivity contribution < 1.29 is 27.1 Å². The molecule has 0 spiro atoms. The summed E-state index contributed by atoms with van der Waals surface area (Å²) in [6, 6.07) is 1.77. The molecule has 0 saturated carbocycles. The van der Waals surface area contributed by atoms with Crippen molar-refractivity contribution in [1.29, 1.82) is 0 Å². The van der Waals surface area contributed by atoms with E-state index in [2.05, 4.69) is 10.5 Å². The summed E-state index contributed by atoms with van der Waals surface area (Å²) in [6.07, 6.45) is -6.11. The second-order valence-electron chi connectivity index (χ2n) is 2.56. The van der Waals surface area contributed by atoms with E-state index in [1.807, 2.05) is 0 Å². The zero-order valence-corrected chi connectivity index (χ0v) is 7.14. The van der Waals surface area contributed by atoms with E-state index in [0.29, 0.717) is 12.1 Å². The minimum atomic E-state index is -4.85. The maximum absolute atomic E-state index is 12.7. The zero-order chi connectivity index (χ0) is 11.6. The number of carbonyl (C=O) groups excluding carboxylic acids is 1. The number of hydrogen-bond donors (Lipinski definition) is 1. The molecule has 0 heterocycles. The van der Waals surface area contributed by atoms with Crippen LogP contribution in [0.25, 0.3) is 0 Å². The van der Waals surface area contributed by atoms with E-state index < -0.39 is 29.4 Å². The largest absolute Gasteiger partial charge is 0.419 e. The summed E-state index contributed by atoms with van der Waals surface area (Å²) in [7, 11) is 0. The van der Waals surface area contributed by atoms with Crippen LogP contribution in [-0.2, 0) is 6.18 Å². The fourth-order valence-corrected chi connectivity index (χ4v) is 0.901. The lowest BCUT2D eigenvalue weighted by Crippen LogP contribution is -2.17. The molecule has 0 saturated heterocycles. The predicted octanol–water partition coefficient (Wildman–Crippen LogP) is 2.30. The van der Waals surface area contributed by atoms with Crippen LogP contribution < -0.4 is 10.5 Å². The Balaban J connectivity index is 3.11. The summed E-state index contributed by atoms with van der Waals surface area (Å²) in [5.41, 5.74) is 3.07. The first-order chi connectivity index (χ1) is 6.80. The first-order valence-electron chi connectivity index (χ1n) is 3.65. The Labute approximate surface area is 81.4 Å². The van der Waals surface area contributed by atoms with E-state index in [4.69, 9.17) is 0 Å². The summed E-state index contributed by atoms with van der Waals surface area (Å²) in [6.45, 7) is 0. The van der Waals surface area contributed by atoms with Crippen LogP contribution in [0.2, 0.25) is 0 Å². The van der Waals surface area contributed by atoms with Crippen LogP contribution in [0.15, 0.2) is 18.2 Å². The zero-order valence-electron chi connectivity index (χ0n) is 7.14. The highest BCUT2D eigenvalue weighted by Gasteiger charge is 2.34.